The molecule has 0 aliphatic heterocycles. The summed E-state index contributed by atoms with van der Waals surface area (Å²) in [6.07, 6.45) is 3.07. The molecule has 0 atom stereocenters. The van der Waals surface area contributed by atoms with Crippen molar-refractivity contribution in [3.63, 3.8) is 0 Å². The molecular weight excluding hydrogens is 376 g/mol. The zero-order chi connectivity index (χ0) is 19.9. The molecule has 0 heterocycles. The van der Waals surface area contributed by atoms with E-state index < -0.39 is 11.8 Å². The number of hydrogen-bond acceptors (Lipinski definition) is 3. The van der Waals surface area contributed by atoms with Gasteiger partial charge in [0.25, 0.3) is 11.8 Å². The molecule has 5 nitrogen and oxygen atoms in total. The van der Waals surface area contributed by atoms with Gasteiger partial charge in [0.2, 0.25) is 0 Å². The first-order valence-electron chi connectivity index (χ1n) is 8.66. The number of amides is 2. The van der Waals surface area contributed by atoms with Gasteiger partial charge in [-0.1, -0.05) is 54.1 Å². The molecule has 0 aromatic heterocycles. The molecule has 0 aliphatic rings. The topological polar surface area (TPSA) is 67.4 Å². The van der Waals surface area contributed by atoms with Gasteiger partial charge in [-0.2, -0.15) is 0 Å². The summed E-state index contributed by atoms with van der Waals surface area (Å²) in [4.78, 5) is 23.8. The second-order valence-corrected chi connectivity index (χ2v) is 6.57. The molecule has 0 spiro atoms. The smallest absolute Gasteiger partial charge is 0.276 e. The maximum absolute atomic E-state index is 12.0. The summed E-state index contributed by atoms with van der Waals surface area (Å²) in [7, 11) is 0. The van der Waals surface area contributed by atoms with Crippen LogP contribution < -0.4 is 15.6 Å². The molecule has 3 rings (SSSR count). The lowest BCUT2D eigenvalue weighted by atomic mass is 10.0. The van der Waals surface area contributed by atoms with Gasteiger partial charge in [0.15, 0.2) is 6.61 Å². The standard InChI is InChI=1S/C22H19ClN2O3/c1-15-13-18(23)10-11-20(15)28-14-22(27)25-24-21(26)12-9-17-7-4-6-16-5-2-3-8-19(16)17/h2-13H,14H2,1H3,(H,24,26)(H,25,27). The normalized spacial score (nSPS) is 10.8. The van der Waals surface area contributed by atoms with E-state index in [0.717, 1.165) is 21.9 Å². The Kier molecular flexibility index (Phi) is 6.29. The van der Waals surface area contributed by atoms with Crippen LogP contribution in [0.4, 0.5) is 0 Å². The van der Waals surface area contributed by atoms with Crippen molar-refractivity contribution in [1.82, 2.24) is 10.9 Å². The van der Waals surface area contributed by atoms with Crippen LogP contribution >= 0.6 is 11.6 Å². The molecule has 2 N–H and O–H groups in total. The van der Waals surface area contributed by atoms with E-state index in [9.17, 15) is 9.59 Å². The van der Waals surface area contributed by atoms with Crippen LogP contribution in [0.25, 0.3) is 16.8 Å². The number of aryl methyl sites for hydroxylation is 1. The molecule has 3 aromatic rings. The molecule has 3 aromatic carbocycles. The third-order valence-electron chi connectivity index (χ3n) is 4.06. The zero-order valence-electron chi connectivity index (χ0n) is 15.2. The Balaban J connectivity index is 1.51. The number of halogens is 1. The number of carbonyl (C=O) groups excluding carboxylic acids is 2. The summed E-state index contributed by atoms with van der Waals surface area (Å²) in [6, 6.07) is 18.9. The van der Waals surface area contributed by atoms with Crippen LogP contribution in [-0.2, 0) is 9.59 Å². The van der Waals surface area contributed by atoms with Gasteiger partial charge in [-0.3, -0.25) is 20.4 Å². The average Bonchev–Trinajstić information content (AvgIpc) is 2.70. The van der Waals surface area contributed by atoms with E-state index in [1.54, 1.807) is 24.3 Å². The van der Waals surface area contributed by atoms with Crippen LogP contribution in [0, 0.1) is 6.92 Å². The van der Waals surface area contributed by atoms with E-state index in [0.29, 0.717) is 10.8 Å². The molecule has 0 fully saturated rings. The van der Waals surface area contributed by atoms with E-state index in [1.165, 1.54) is 6.08 Å². The fraction of sp³-hybridized carbons (Fsp3) is 0.0909. The highest BCUT2D eigenvalue weighted by Crippen LogP contribution is 2.21. The van der Waals surface area contributed by atoms with Crippen molar-refractivity contribution in [3.05, 3.63) is 82.9 Å². The molecule has 0 saturated carbocycles. The molecule has 0 saturated heterocycles. The summed E-state index contributed by atoms with van der Waals surface area (Å²) >= 11 is 5.88. The number of benzene rings is 3. The van der Waals surface area contributed by atoms with Gasteiger partial charge < -0.3 is 4.74 Å². The highest BCUT2D eigenvalue weighted by Gasteiger charge is 2.06. The Morgan fingerprint density at radius 1 is 1.04 bits per heavy atom. The first-order chi connectivity index (χ1) is 13.5. The van der Waals surface area contributed by atoms with Crippen LogP contribution in [0.15, 0.2) is 66.7 Å². The molecule has 28 heavy (non-hydrogen) atoms. The van der Waals surface area contributed by atoms with Crippen molar-refractivity contribution in [2.24, 2.45) is 0 Å². The van der Waals surface area contributed by atoms with Crippen LogP contribution in [0.1, 0.15) is 11.1 Å². The van der Waals surface area contributed by atoms with E-state index >= 15 is 0 Å². The molecule has 0 radical (unpaired) electrons. The SMILES string of the molecule is Cc1cc(Cl)ccc1OCC(=O)NNC(=O)C=Cc1cccc2ccccc12. The Bertz CT molecular complexity index is 1040. The van der Waals surface area contributed by atoms with E-state index in [1.807, 2.05) is 49.4 Å². The van der Waals surface area contributed by atoms with E-state index in [-0.39, 0.29) is 6.61 Å². The van der Waals surface area contributed by atoms with E-state index in [2.05, 4.69) is 10.9 Å². The molecule has 2 amide bonds. The molecule has 6 heteroatoms. The predicted octanol–water partition coefficient (Wildman–Crippen LogP) is 4.04. The highest BCUT2D eigenvalue weighted by atomic mass is 35.5. The Morgan fingerprint density at radius 3 is 2.64 bits per heavy atom. The summed E-state index contributed by atoms with van der Waals surface area (Å²) < 4.78 is 5.42. The lowest BCUT2D eigenvalue weighted by Gasteiger charge is -2.10. The minimum atomic E-state index is -0.471. The zero-order valence-corrected chi connectivity index (χ0v) is 16.0. The number of fused-ring (bicyclic) bond motifs is 1. The average molecular weight is 395 g/mol. The van der Waals surface area contributed by atoms with Crippen molar-refractivity contribution in [3.8, 4) is 5.75 Å². The fourth-order valence-corrected chi connectivity index (χ4v) is 2.92. The monoisotopic (exact) mass is 394 g/mol. The minimum Gasteiger partial charge on any atom is -0.483 e. The summed E-state index contributed by atoms with van der Waals surface area (Å²) in [5.74, 6) is -0.355. The second-order valence-electron chi connectivity index (χ2n) is 6.14. The summed E-state index contributed by atoms with van der Waals surface area (Å²) in [5.41, 5.74) is 6.39. The second kappa shape index (κ2) is 9.06. The van der Waals surface area contributed by atoms with Crippen molar-refractivity contribution >= 4 is 40.3 Å². The Hall–Kier alpha value is -3.31. The Morgan fingerprint density at radius 2 is 1.82 bits per heavy atom. The number of nitrogens with one attached hydrogen (secondary N) is 2. The minimum absolute atomic E-state index is 0.226. The molecule has 142 valence electrons. The summed E-state index contributed by atoms with van der Waals surface area (Å²) in [6.45, 7) is 1.61. The third-order valence-corrected chi connectivity index (χ3v) is 4.29. The van der Waals surface area contributed by atoms with Crippen LogP contribution in [0.5, 0.6) is 5.75 Å². The number of rotatable bonds is 5. The highest BCUT2D eigenvalue weighted by molar-refractivity contribution is 6.30. The first-order valence-corrected chi connectivity index (χ1v) is 9.04. The van der Waals surface area contributed by atoms with Gasteiger partial charge in [-0.25, -0.2) is 0 Å². The number of ether oxygens (including phenoxy) is 1. The number of hydrazine groups is 1. The van der Waals surface area contributed by atoms with Gasteiger partial charge in [-0.15, -0.1) is 0 Å². The van der Waals surface area contributed by atoms with Crippen molar-refractivity contribution in [2.75, 3.05) is 6.61 Å². The Labute approximate surface area is 167 Å². The largest absolute Gasteiger partial charge is 0.483 e. The van der Waals surface area contributed by atoms with Gasteiger partial charge in [0.05, 0.1) is 0 Å². The van der Waals surface area contributed by atoms with Crippen LogP contribution in [0.3, 0.4) is 0 Å². The lowest BCUT2D eigenvalue weighted by molar-refractivity contribution is -0.128. The van der Waals surface area contributed by atoms with E-state index in [4.69, 9.17) is 16.3 Å². The van der Waals surface area contributed by atoms with Crippen LogP contribution in [-0.4, -0.2) is 18.4 Å². The molecule has 0 bridgehead atoms. The van der Waals surface area contributed by atoms with Crippen LogP contribution in [0.2, 0.25) is 5.02 Å². The van der Waals surface area contributed by atoms with Crippen molar-refractivity contribution in [2.45, 2.75) is 6.92 Å². The summed E-state index contributed by atoms with van der Waals surface area (Å²) in [5, 5.41) is 2.73. The lowest BCUT2D eigenvalue weighted by Crippen LogP contribution is -2.43. The van der Waals surface area contributed by atoms with Gasteiger partial charge in [0, 0.05) is 11.1 Å². The number of hydrogen-bond donors (Lipinski definition) is 2. The third kappa shape index (κ3) is 5.11. The molecular formula is C22H19ClN2O3. The quantitative estimate of drug-likeness (QED) is 0.507. The van der Waals surface area contributed by atoms with Crippen molar-refractivity contribution < 1.29 is 14.3 Å². The number of carbonyl (C=O) groups is 2. The van der Waals surface area contributed by atoms with Gasteiger partial charge >= 0.3 is 0 Å². The van der Waals surface area contributed by atoms with Gasteiger partial charge in [-0.05, 0) is 53.1 Å². The maximum Gasteiger partial charge on any atom is 0.276 e. The fourth-order valence-electron chi connectivity index (χ4n) is 2.69. The predicted molar refractivity (Wildman–Crippen MR) is 111 cm³/mol. The van der Waals surface area contributed by atoms with Gasteiger partial charge in [0.1, 0.15) is 5.75 Å². The molecule has 0 unspecified atom stereocenters. The first kappa shape index (κ1) is 19.5. The van der Waals surface area contributed by atoms with Crippen molar-refractivity contribution in [1.29, 1.82) is 0 Å². The maximum atomic E-state index is 12.0. The molecule has 0 aliphatic carbocycles.